The molecule has 1 aliphatic rings. The van der Waals surface area contributed by atoms with Crippen LogP contribution in [0.5, 0.6) is 5.75 Å². The minimum Gasteiger partial charge on any atom is -0.494 e. The Labute approximate surface area is 222 Å². The predicted octanol–water partition coefficient (Wildman–Crippen LogP) is 5.27. The van der Waals surface area contributed by atoms with Gasteiger partial charge in [-0.2, -0.15) is 9.97 Å². The highest BCUT2D eigenvalue weighted by Crippen LogP contribution is 2.34. The third-order valence-corrected chi connectivity index (χ3v) is 9.14. The number of hydrogen-bond donors (Lipinski definition) is 3. The molecule has 0 aliphatic carbocycles. The Morgan fingerprint density at radius 1 is 1.05 bits per heavy atom. The Bertz CT molecular complexity index is 1540. The number of hydrogen-bond acceptors (Lipinski definition) is 9. The first-order chi connectivity index (χ1) is 18.3. The lowest BCUT2D eigenvalue weighted by atomic mass is 9.99. The van der Waals surface area contributed by atoms with Gasteiger partial charge in [0.15, 0.2) is 21.3 Å². The summed E-state index contributed by atoms with van der Waals surface area (Å²) in [5.74, 6) is 2.13. The van der Waals surface area contributed by atoms with Crippen molar-refractivity contribution in [2.45, 2.75) is 43.8 Å². The summed E-state index contributed by atoms with van der Waals surface area (Å²) in [6.45, 7) is 7.68. The van der Waals surface area contributed by atoms with Crippen LogP contribution in [-0.2, 0) is 9.84 Å². The Kier molecular flexibility index (Phi) is 7.11. The van der Waals surface area contributed by atoms with Gasteiger partial charge < -0.3 is 25.3 Å². The lowest BCUT2D eigenvalue weighted by molar-refractivity contribution is 0.415. The predicted molar refractivity (Wildman–Crippen MR) is 151 cm³/mol. The Hall–Kier alpha value is -3.86. The maximum absolute atomic E-state index is 13.0. The summed E-state index contributed by atoms with van der Waals surface area (Å²) < 4.78 is 31.6. The van der Waals surface area contributed by atoms with Crippen LogP contribution in [0.1, 0.15) is 33.6 Å². The summed E-state index contributed by atoms with van der Waals surface area (Å²) in [6.07, 6.45) is 3.88. The van der Waals surface area contributed by atoms with Gasteiger partial charge in [-0.15, -0.1) is 0 Å². The second-order valence-electron chi connectivity index (χ2n) is 9.89. The molecule has 0 atom stereocenters. The van der Waals surface area contributed by atoms with Crippen molar-refractivity contribution in [3.05, 3.63) is 48.8 Å². The van der Waals surface area contributed by atoms with Crippen molar-refractivity contribution < 1.29 is 13.2 Å². The van der Waals surface area contributed by atoms with Crippen LogP contribution in [0.25, 0.3) is 11.2 Å². The fourth-order valence-electron chi connectivity index (χ4n) is 4.55. The van der Waals surface area contributed by atoms with Crippen molar-refractivity contribution >= 4 is 49.8 Å². The lowest BCUT2D eigenvalue weighted by Gasteiger charge is -2.32. The summed E-state index contributed by atoms with van der Waals surface area (Å²) in [6, 6.07) is 12.9. The highest BCUT2D eigenvalue weighted by atomic mass is 32.2. The molecule has 10 nitrogen and oxygen atoms in total. The zero-order chi connectivity index (χ0) is 26.9. The maximum atomic E-state index is 13.0. The largest absolute Gasteiger partial charge is 0.494 e. The van der Waals surface area contributed by atoms with E-state index in [0.717, 1.165) is 24.7 Å². The highest BCUT2D eigenvalue weighted by molar-refractivity contribution is 7.92. The van der Waals surface area contributed by atoms with Gasteiger partial charge in [0.25, 0.3) is 0 Å². The van der Waals surface area contributed by atoms with Gasteiger partial charge in [0, 0.05) is 24.8 Å². The molecule has 0 saturated carbocycles. The normalized spacial score (nSPS) is 14.7. The number of para-hydroxylation sites is 1. The Balaban J connectivity index is 1.46. The van der Waals surface area contributed by atoms with E-state index >= 15 is 0 Å². The molecule has 0 spiro atoms. The molecule has 3 N–H and O–H groups in total. The van der Waals surface area contributed by atoms with E-state index in [1.807, 2.05) is 12.1 Å². The van der Waals surface area contributed by atoms with Gasteiger partial charge in [-0.25, -0.2) is 13.4 Å². The fourth-order valence-corrected chi connectivity index (χ4v) is 5.75. The quantitative estimate of drug-likeness (QED) is 0.277. The molecule has 3 heterocycles. The molecule has 4 aromatic rings. The van der Waals surface area contributed by atoms with Crippen LogP contribution in [0.15, 0.2) is 53.7 Å². The number of imidazole rings is 1. The van der Waals surface area contributed by atoms with Crippen molar-refractivity contribution in [1.29, 1.82) is 0 Å². The minimum absolute atomic E-state index is 0.208. The van der Waals surface area contributed by atoms with Crippen LogP contribution < -0.4 is 20.3 Å². The number of sulfone groups is 1. The third-order valence-electron chi connectivity index (χ3n) is 6.93. The van der Waals surface area contributed by atoms with Crippen LogP contribution >= 0.6 is 0 Å². The second-order valence-corrected chi connectivity index (χ2v) is 12.4. The molecule has 5 rings (SSSR count). The molecule has 2 aromatic carbocycles. The van der Waals surface area contributed by atoms with E-state index in [9.17, 15) is 8.42 Å². The first-order valence-corrected chi connectivity index (χ1v) is 14.3. The summed E-state index contributed by atoms with van der Waals surface area (Å²) in [7, 11) is -1.88. The molecule has 38 heavy (non-hydrogen) atoms. The van der Waals surface area contributed by atoms with E-state index in [1.54, 1.807) is 45.2 Å². The molecular formula is C27H33N7O3S. The molecule has 0 bridgehead atoms. The van der Waals surface area contributed by atoms with Gasteiger partial charge in [-0.3, -0.25) is 0 Å². The first kappa shape index (κ1) is 25.8. The molecule has 1 saturated heterocycles. The molecule has 0 amide bonds. The van der Waals surface area contributed by atoms with E-state index in [0.29, 0.717) is 40.1 Å². The number of aromatic amines is 1. The van der Waals surface area contributed by atoms with Crippen LogP contribution in [0.2, 0.25) is 0 Å². The highest BCUT2D eigenvalue weighted by Gasteiger charge is 2.24. The average Bonchev–Trinajstić information content (AvgIpc) is 3.39. The topological polar surface area (TPSA) is 125 Å². The number of nitrogens with zero attached hydrogens (tertiary/aromatic N) is 4. The molecule has 0 radical (unpaired) electrons. The van der Waals surface area contributed by atoms with Gasteiger partial charge in [0.1, 0.15) is 11.3 Å². The SMILES string of the molecule is COc1cc(N2CCC(C)CC2)ccc1Nc1nc(Nc2ccccc2S(=O)(=O)C(C)C)c2[nH]cnc2n1. The van der Waals surface area contributed by atoms with Crippen molar-refractivity contribution in [2.75, 3.05) is 35.7 Å². The van der Waals surface area contributed by atoms with Gasteiger partial charge in [0.05, 0.1) is 35.0 Å². The van der Waals surface area contributed by atoms with Crippen molar-refractivity contribution in [3.8, 4) is 5.75 Å². The number of fused-ring (bicyclic) bond motifs is 1. The fraction of sp³-hybridized carbons (Fsp3) is 0.370. The number of H-pyrrole nitrogens is 1. The molecule has 0 unspecified atom stereocenters. The van der Waals surface area contributed by atoms with E-state index in [2.05, 4.69) is 48.5 Å². The smallest absolute Gasteiger partial charge is 0.231 e. The second kappa shape index (κ2) is 10.5. The van der Waals surface area contributed by atoms with Crippen LogP contribution in [0, 0.1) is 5.92 Å². The number of nitrogens with one attached hydrogen (secondary N) is 3. The standard InChI is InChI=1S/C27H33N7O3S/c1-17(2)38(35,36)23-8-6-5-7-21(23)30-26-24-25(29-16-28-24)32-27(33-26)31-20-10-9-19(15-22(20)37-4)34-13-11-18(3)12-14-34/h5-10,15-18H,11-14H2,1-4H3,(H3,28,29,30,31,32,33). The zero-order valence-electron chi connectivity index (χ0n) is 22.0. The zero-order valence-corrected chi connectivity index (χ0v) is 22.8. The van der Waals surface area contributed by atoms with Crippen molar-refractivity contribution in [3.63, 3.8) is 0 Å². The van der Waals surface area contributed by atoms with E-state index in [-0.39, 0.29) is 4.90 Å². The average molecular weight is 536 g/mol. The molecular weight excluding hydrogens is 502 g/mol. The first-order valence-electron chi connectivity index (χ1n) is 12.8. The van der Waals surface area contributed by atoms with E-state index < -0.39 is 15.1 Å². The number of benzene rings is 2. The molecule has 2 aromatic heterocycles. The van der Waals surface area contributed by atoms with Gasteiger partial charge in [0.2, 0.25) is 5.95 Å². The van der Waals surface area contributed by atoms with Crippen LogP contribution in [0.4, 0.5) is 28.8 Å². The number of methoxy groups -OCH3 is 1. The number of rotatable bonds is 8. The summed E-state index contributed by atoms with van der Waals surface area (Å²) in [5, 5.41) is 5.88. The van der Waals surface area contributed by atoms with Gasteiger partial charge in [-0.1, -0.05) is 19.1 Å². The number of anilines is 5. The maximum Gasteiger partial charge on any atom is 0.231 e. The van der Waals surface area contributed by atoms with Gasteiger partial charge in [-0.05, 0) is 56.9 Å². The third kappa shape index (κ3) is 5.10. The Morgan fingerprint density at radius 2 is 1.82 bits per heavy atom. The molecule has 1 fully saturated rings. The van der Waals surface area contributed by atoms with E-state index in [4.69, 9.17) is 4.74 Å². The molecule has 11 heteroatoms. The number of piperidine rings is 1. The molecule has 200 valence electrons. The van der Waals surface area contributed by atoms with Crippen LogP contribution in [-0.4, -0.2) is 53.8 Å². The minimum atomic E-state index is -3.52. The number of ether oxygens (including phenoxy) is 1. The van der Waals surface area contributed by atoms with Gasteiger partial charge >= 0.3 is 0 Å². The summed E-state index contributed by atoms with van der Waals surface area (Å²) >= 11 is 0. The summed E-state index contributed by atoms with van der Waals surface area (Å²) in [5.41, 5.74) is 3.26. The monoisotopic (exact) mass is 535 g/mol. The number of aromatic nitrogens is 4. The van der Waals surface area contributed by atoms with Crippen molar-refractivity contribution in [2.24, 2.45) is 5.92 Å². The molecule has 1 aliphatic heterocycles. The van der Waals surface area contributed by atoms with E-state index in [1.165, 1.54) is 19.2 Å². The lowest BCUT2D eigenvalue weighted by Crippen LogP contribution is -2.32. The Morgan fingerprint density at radius 3 is 2.55 bits per heavy atom. The summed E-state index contributed by atoms with van der Waals surface area (Å²) in [4.78, 5) is 19.1. The van der Waals surface area contributed by atoms with Crippen LogP contribution in [0.3, 0.4) is 0 Å². The van der Waals surface area contributed by atoms with Crippen molar-refractivity contribution in [1.82, 2.24) is 19.9 Å².